The Bertz CT molecular complexity index is 569. The van der Waals surface area contributed by atoms with E-state index in [-0.39, 0.29) is 11.8 Å². The summed E-state index contributed by atoms with van der Waals surface area (Å²) in [6, 6.07) is 19.5. The molecule has 2 aromatic carbocycles. The molecule has 0 radical (unpaired) electrons. The van der Waals surface area contributed by atoms with Gasteiger partial charge in [0.1, 0.15) is 0 Å². The minimum atomic E-state index is -0.534. The Morgan fingerprint density at radius 1 is 1.00 bits per heavy atom. The van der Waals surface area contributed by atoms with Gasteiger partial charge in [-0.3, -0.25) is 4.79 Å². The fourth-order valence-electron chi connectivity index (χ4n) is 2.44. The zero-order chi connectivity index (χ0) is 15.8. The summed E-state index contributed by atoms with van der Waals surface area (Å²) >= 11 is 0. The highest BCUT2D eigenvalue weighted by Gasteiger charge is 2.12. The summed E-state index contributed by atoms with van der Waals surface area (Å²) in [5.74, 6) is 0.219. The second kappa shape index (κ2) is 8.35. The molecule has 1 amide bonds. The van der Waals surface area contributed by atoms with Gasteiger partial charge in [0.25, 0.3) is 0 Å². The number of hydrogen-bond acceptors (Lipinski definition) is 2. The molecule has 2 N–H and O–H groups in total. The van der Waals surface area contributed by atoms with E-state index in [1.807, 2.05) is 67.6 Å². The van der Waals surface area contributed by atoms with E-state index in [1.54, 1.807) is 0 Å². The van der Waals surface area contributed by atoms with Crippen molar-refractivity contribution in [2.24, 2.45) is 0 Å². The Hall–Kier alpha value is -2.13. The summed E-state index contributed by atoms with van der Waals surface area (Å²) in [5, 5.41) is 12.9. The molecule has 22 heavy (non-hydrogen) atoms. The number of amides is 1. The number of carbonyl (C=O) groups is 1. The number of aliphatic hydroxyl groups excluding tert-OH is 1. The van der Waals surface area contributed by atoms with E-state index < -0.39 is 6.10 Å². The fraction of sp³-hybridized carbons (Fsp3) is 0.316. The minimum absolute atomic E-state index is 0.0246. The van der Waals surface area contributed by atoms with E-state index in [0.717, 1.165) is 5.56 Å². The van der Waals surface area contributed by atoms with Gasteiger partial charge in [0.15, 0.2) is 0 Å². The molecule has 0 aliphatic carbocycles. The molecule has 0 aliphatic heterocycles. The summed E-state index contributed by atoms with van der Waals surface area (Å²) in [6.45, 7) is 2.53. The maximum atomic E-state index is 12.0. The minimum Gasteiger partial charge on any atom is -0.388 e. The van der Waals surface area contributed by atoms with Gasteiger partial charge < -0.3 is 10.4 Å². The van der Waals surface area contributed by atoms with Gasteiger partial charge in [0.05, 0.1) is 6.10 Å². The highest BCUT2D eigenvalue weighted by molar-refractivity contribution is 5.76. The van der Waals surface area contributed by atoms with Crippen molar-refractivity contribution >= 4 is 5.91 Å². The molecular weight excluding hydrogens is 274 g/mol. The third-order valence-electron chi connectivity index (χ3n) is 3.78. The predicted molar refractivity (Wildman–Crippen MR) is 88.5 cm³/mol. The van der Waals surface area contributed by atoms with Crippen LogP contribution in [0.25, 0.3) is 0 Å². The normalized spacial score (nSPS) is 13.4. The van der Waals surface area contributed by atoms with E-state index in [9.17, 15) is 9.90 Å². The predicted octanol–water partition coefficient (Wildman–Crippen LogP) is 3.42. The lowest BCUT2D eigenvalue weighted by atomic mass is 9.97. The Labute approximate surface area is 132 Å². The fourth-order valence-corrected chi connectivity index (χ4v) is 2.44. The maximum absolute atomic E-state index is 12.0. The Kier molecular flexibility index (Phi) is 6.16. The Morgan fingerprint density at radius 3 is 2.14 bits per heavy atom. The molecule has 0 aliphatic rings. The van der Waals surface area contributed by atoms with Crippen LogP contribution in [0.5, 0.6) is 0 Å². The van der Waals surface area contributed by atoms with Crippen LogP contribution in [0.15, 0.2) is 60.7 Å². The first-order chi connectivity index (χ1) is 10.7. The van der Waals surface area contributed by atoms with Gasteiger partial charge in [-0.25, -0.2) is 0 Å². The molecule has 2 unspecified atom stereocenters. The van der Waals surface area contributed by atoms with Crippen LogP contribution in [-0.2, 0) is 4.79 Å². The van der Waals surface area contributed by atoms with Crippen LogP contribution in [0.4, 0.5) is 0 Å². The van der Waals surface area contributed by atoms with E-state index in [0.29, 0.717) is 19.4 Å². The van der Waals surface area contributed by atoms with Crippen molar-refractivity contribution in [2.75, 3.05) is 6.54 Å². The molecular formula is C19H23NO2. The molecule has 0 heterocycles. The maximum Gasteiger partial charge on any atom is 0.220 e. The standard InChI is InChI=1S/C19H23NO2/c1-15(16-8-4-2-5-9-16)14-19(22)20-13-12-18(21)17-10-6-3-7-11-17/h2-11,15,18,21H,12-14H2,1H3,(H,20,22). The first-order valence-corrected chi connectivity index (χ1v) is 7.71. The quantitative estimate of drug-likeness (QED) is 0.822. The molecule has 2 rings (SSSR count). The summed E-state index contributed by atoms with van der Waals surface area (Å²) in [6.07, 6.45) is 0.453. The van der Waals surface area contributed by atoms with Gasteiger partial charge in [-0.1, -0.05) is 67.6 Å². The highest BCUT2D eigenvalue weighted by Crippen LogP contribution is 2.18. The zero-order valence-electron chi connectivity index (χ0n) is 12.9. The van der Waals surface area contributed by atoms with E-state index in [4.69, 9.17) is 0 Å². The van der Waals surface area contributed by atoms with Crippen LogP contribution in [-0.4, -0.2) is 17.6 Å². The van der Waals surface area contributed by atoms with Gasteiger partial charge in [-0.05, 0) is 23.5 Å². The highest BCUT2D eigenvalue weighted by atomic mass is 16.3. The lowest BCUT2D eigenvalue weighted by Crippen LogP contribution is -2.26. The molecule has 0 saturated heterocycles. The van der Waals surface area contributed by atoms with Crippen molar-refractivity contribution in [3.63, 3.8) is 0 Å². The van der Waals surface area contributed by atoms with Crippen molar-refractivity contribution in [2.45, 2.75) is 31.8 Å². The number of carbonyl (C=O) groups excluding carboxylic acids is 1. The topological polar surface area (TPSA) is 49.3 Å². The molecule has 0 saturated carbocycles. The monoisotopic (exact) mass is 297 g/mol. The molecule has 2 atom stereocenters. The second-order valence-electron chi connectivity index (χ2n) is 5.58. The number of aliphatic hydroxyl groups is 1. The molecule has 0 fully saturated rings. The van der Waals surface area contributed by atoms with Crippen LogP contribution >= 0.6 is 0 Å². The molecule has 3 heteroatoms. The average Bonchev–Trinajstić information content (AvgIpc) is 2.56. The third-order valence-corrected chi connectivity index (χ3v) is 3.78. The molecule has 116 valence electrons. The lowest BCUT2D eigenvalue weighted by Gasteiger charge is -2.14. The Balaban J connectivity index is 1.72. The second-order valence-corrected chi connectivity index (χ2v) is 5.58. The summed E-state index contributed by atoms with van der Waals surface area (Å²) in [7, 11) is 0. The summed E-state index contributed by atoms with van der Waals surface area (Å²) in [4.78, 5) is 12.0. The van der Waals surface area contributed by atoms with Gasteiger partial charge >= 0.3 is 0 Å². The third kappa shape index (κ3) is 5.01. The lowest BCUT2D eigenvalue weighted by molar-refractivity contribution is -0.121. The van der Waals surface area contributed by atoms with Gasteiger partial charge in [0, 0.05) is 13.0 Å². The average molecular weight is 297 g/mol. The number of benzene rings is 2. The molecule has 2 aromatic rings. The van der Waals surface area contributed by atoms with Crippen molar-refractivity contribution in [3.8, 4) is 0 Å². The molecule has 3 nitrogen and oxygen atoms in total. The molecule has 0 aromatic heterocycles. The zero-order valence-corrected chi connectivity index (χ0v) is 12.9. The van der Waals surface area contributed by atoms with Gasteiger partial charge in [-0.15, -0.1) is 0 Å². The van der Waals surface area contributed by atoms with Crippen molar-refractivity contribution in [1.82, 2.24) is 5.32 Å². The number of nitrogens with one attached hydrogen (secondary N) is 1. The van der Waals surface area contributed by atoms with Crippen molar-refractivity contribution < 1.29 is 9.90 Å². The van der Waals surface area contributed by atoms with Crippen LogP contribution in [0.2, 0.25) is 0 Å². The van der Waals surface area contributed by atoms with Crippen LogP contribution in [0.1, 0.15) is 42.9 Å². The number of hydrogen-bond donors (Lipinski definition) is 2. The van der Waals surface area contributed by atoms with Gasteiger partial charge in [0.2, 0.25) is 5.91 Å². The first-order valence-electron chi connectivity index (χ1n) is 7.71. The van der Waals surface area contributed by atoms with E-state index >= 15 is 0 Å². The largest absolute Gasteiger partial charge is 0.388 e. The first kappa shape index (κ1) is 16.2. The van der Waals surface area contributed by atoms with Crippen molar-refractivity contribution in [3.05, 3.63) is 71.8 Å². The van der Waals surface area contributed by atoms with Crippen LogP contribution in [0.3, 0.4) is 0 Å². The number of rotatable bonds is 7. The summed E-state index contributed by atoms with van der Waals surface area (Å²) in [5.41, 5.74) is 2.05. The Morgan fingerprint density at radius 2 is 1.55 bits per heavy atom. The van der Waals surface area contributed by atoms with Crippen LogP contribution < -0.4 is 5.32 Å². The van der Waals surface area contributed by atoms with Gasteiger partial charge in [-0.2, -0.15) is 0 Å². The smallest absolute Gasteiger partial charge is 0.220 e. The van der Waals surface area contributed by atoms with E-state index in [2.05, 4.69) is 5.32 Å². The van der Waals surface area contributed by atoms with E-state index in [1.165, 1.54) is 5.56 Å². The molecule has 0 bridgehead atoms. The SMILES string of the molecule is CC(CC(=O)NCCC(O)c1ccccc1)c1ccccc1. The molecule has 0 spiro atoms. The van der Waals surface area contributed by atoms with Crippen molar-refractivity contribution in [1.29, 1.82) is 0 Å². The van der Waals surface area contributed by atoms with Crippen LogP contribution in [0, 0.1) is 0 Å². The summed E-state index contributed by atoms with van der Waals surface area (Å²) < 4.78 is 0.